The summed E-state index contributed by atoms with van der Waals surface area (Å²) >= 11 is 0. The second-order valence-corrected chi connectivity index (χ2v) is 21.6. The molecular weight excluding hydrogens is 841 g/mol. The normalized spacial score (nSPS) is 12.4. The number of ether oxygens (including phenoxy) is 3. The summed E-state index contributed by atoms with van der Waals surface area (Å²) in [5.74, 6) is 0.0661. The molecule has 6 nitrogen and oxygen atoms in total. The van der Waals surface area contributed by atoms with E-state index in [9.17, 15) is 14.4 Å². The van der Waals surface area contributed by atoms with E-state index < -0.39 is 6.10 Å². The SMILES string of the molecule is CCCCCCCCCCCCCCCCCCCC(=O)OC[C@H](COC(=O)CCCCCCCCCCCCCCCCC(C)CC)OC(=O)CCCCCCCCCCCCCCCCC. The first kappa shape index (κ1) is 66.4. The van der Waals surface area contributed by atoms with Crippen LogP contribution in [0.25, 0.3) is 0 Å². The molecule has 0 heterocycles. The molecule has 0 aromatic carbocycles. The van der Waals surface area contributed by atoms with Crippen LogP contribution < -0.4 is 0 Å². The number of unbranched alkanes of at least 4 members (excludes halogenated alkanes) is 43. The lowest BCUT2D eigenvalue weighted by Crippen LogP contribution is -2.30. The van der Waals surface area contributed by atoms with Crippen LogP contribution in [0.15, 0.2) is 0 Å². The highest BCUT2D eigenvalue weighted by molar-refractivity contribution is 5.71. The van der Waals surface area contributed by atoms with E-state index in [1.165, 1.54) is 250 Å². The summed E-state index contributed by atoms with van der Waals surface area (Å²) in [6.07, 6.45) is 62.3. The van der Waals surface area contributed by atoms with Crippen molar-refractivity contribution in [2.75, 3.05) is 13.2 Å². The monoisotopic (exact) mass is 961 g/mol. The molecule has 0 aliphatic rings. The fourth-order valence-electron chi connectivity index (χ4n) is 9.60. The van der Waals surface area contributed by atoms with Crippen LogP contribution in [0, 0.1) is 5.92 Å². The Labute approximate surface area is 425 Å². The minimum Gasteiger partial charge on any atom is -0.462 e. The first-order valence-corrected chi connectivity index (χ1v) is 30.9. The second-order valence-electron chi connectivity index (χ2n) is 21.6. The fourth-order valence-corrected chi connectivity index (χ4v) is 9.60. The molecule has 0 saturated carbocycles. The number of esters is 3. The van der Waals surface area contributed by atoms with Crippen molar-refractivity contribution in [1.29, 1.82) is 0 Å². The summed E-state index contributed by atoms with van der Waals surface area (Å²) in [5, 5.41) is 0. The largest absolute Gasteiger partial charge is 0.462 e. The molecule has 0 bridgehead atoms. The maximum absolute atomic E-state index is 12.9. The van der Waals surface area contributed by atoms with Crippen molar-refractivity contribution in [3.63, 3.8) is 0 Å². The third kappa shape index (κ3) is 53.8. The van der Waals surface area contributed by atoms with Crippen LogP contribution in [0.4, 0.5) is 0 Å². The lowest BCUT2D eigenvalue weighted by atomic mass is 9.99. The number of carbonyl (C=O) groups is 3. The molecule has 0 fully saturated rings. The minimum atomic E-state index is -0.762. The van der Waals surface area contributed by atoms with Crippen LogP contribution in [0.1, 0.15) is 355 Å². The van der Waals surface area contributed by atoms with Gasteiger partial charge in [0.25, 0.3) is 0 Å². The lowest BCUT2D eigenvalue weighted by Gasteiger charge is -2.18. The zero-order chi connectivity index (χ0) is 49.5. The molecule has 0 aliphatic carbocycles. The van der Waals surface area contributed by atoms with Crippen molar-refractivity contribution in [1.82, 2.24) is 0 Å². The van der Waals surface area contributed by atoms with Gasteiger partial charge in [0.1, 0.15) is 13.2 Å². The van der Waals surface area contributed by atoms with Crippen molar-refractivity contribution in [2.45, 2.75) is 361 Å². The van der Waals surface area contributed by atoms with Crippen LogP contribution in [0.5, 0.6) is 0 Å². The Kier molecular flexibility index (Phi) is 55.0. The van der Waals surface area contributed by atoms with E-state index >= 15 is 0 Å². The van der Waals surface area contributed by atoms with Crippen LogP contribution in [0.3, 0.4) is 0 Å². The molecule has 0 amide bonds. The Morgan fingerprint density at radius 2 is 0.515 bits per heavy atom. The number of rotatable bonds is 57. The van der Waals surface area contributed by atoms with Crippen molar-refractivity contribution >= 4 is 17.9 Å². The third-order valence-corrected chi connectivity index (χ3v) is 14.7. The van der Waals surface area contributed by atoms with Gasteiger partial charge in [-0.1, -0.05) is 317 Å². The number of carbonyl (C=O) groups excluding carboxylic acids is 3. The molecule has 0 N–H and O–H groups in total. The topological polar surface area (TPSA) is 78.9 Å². The fraction of sp³-hybridized carbons (Fsp3) is 0.952. The van der Waals surface area contributed by atoms with Crippen molar-refractivity contribution in [3.8, 4) is 0 Å². The van der Waals surface area contributed by atoms with Gasteiger partial charge in [0.2, 0.25) is 0 Å². The van der Waals surface area contributed by atoms with Gasteiger partial charge in [0.15, 0.2) is 6.10 Å². The second kappa shape index (κ2) is 56.3. The zero-order valence-corrected chi connectivity index (χ0v) is 46.6. The molecule has 0 spiro atoms. The number of hydrogen-bond acceptors (Lipinski definition) is 6. The quantitative estimate of drug-likeness (QED) is 0.0343. The summed E-state index contributed by atoms with van der Waals surface area (Å²) in [5.41, 5.74) is 0. The van der Waals surface area contributed by atoms with E-state index in [-0.39, 0.29) is 31.1 Å². The molecule has 0 aliphatic heterocycles. The predicted molar refractivity (Wildman–Crippen MR) is 293 cm³/mol. The Hall–Kier alpha value is -1.59. The van der Waals surface area contributed by atoms with Gasteiger partial charge < -0.3 is 14.2 Å². The summed E-state index contributed by atoms with van der Waals surface area (Å²) in [7, 11) is 0. The molecule has 1 unspecified atom stereocenters. The smallest absolute Gasteiger partial charge is 0.306 e. The zero-order valence-electron chi connectivity index (χ0n) is 46.6. The molecule has 0 aromatic heterocycles. The first-order valence-electron chi connectivity index (χ1n) is 30.9. The summed E-state index contributed by atoms with van der Waals surface area (Å²) < 4.78 is 16.9. The predicted octanol–water partition coefficient (Wildman–Crippen LogP) is 20.6. The Morgan fingerprint density at radius 3 is 0.765 bits per heavy atom. The van der Waals surface area contributed by atoms with Crippen LogP contribution >= 0.6 is 0 Å². The average Bonchev–Trinajstić information content (AvgIpc) is 3.34. The lowest BCUT2D eigenvalue weighted by molar-refractivity contribution is -0.167. The molecule has 0 rings (SSSR count). The van der Waals surface area contributed by atoms with E-state index in [4.69, 9.17) is 14.2 Å². The van der Waals surface area contributed by atoms with Gasteiger partial charge in [-0.15, -0.1) is 0 Å². The van der Waals surface area contributed by atoms with Crippen LogP contribution in [-0.4, -0.2) is 37.2 Å². The molecule has 0 saturated heterocycles. The van der Waals surface area contributed by atoms with Crippen molar-refractivity contribution in [2.24, 2.45) is 5.92 Å². The van der Waals surface area contributed by atoms with E-state index in [1.54, 1.807) is 0 Å². The van der Waals surface area contributed by atoms with Gasteiger partial charge in [-0.05, 0) is 25.2 Å². The standard InChI is InChI=1S/C62H120O6/c1-5-8-10-12-14-16-18-20-22-23-25-29-33-37-41-45-49-53-60(63)66-56-59(68-62(65)55-51-47-43-39-35-31-24-21-19-17-15-13-11-9-6-2)57-67-61(64)54-50-46-42-38-34-30-27-26-28-32-36-40-44-48-52-58(4)7-3/h58-59H,5-57H2,1-4H3/t58?,59-/m1/s1. The maximum atomic E-state index is 12.9. The summed E-state index contributed by atoms with van der Waals surface area (Å²) in [4.78, 5) is 38.2. The van der Waals surface area contributed by atoms with Gasteiger partial charge >= 0.3 is 17.9 Å². The van der Waals surface area contributed by atoms with Gasteiger partial charge in [-0.25, -0.2) is 0 Å². The van der Waals surface area contributed by atoms with Gasteiger partial charge in [0.05, 0.1) is 0 Å². The van der Waals surface area contributed by atoms with Gasteiger partial charge in [0, 0.05) is 19.3 Å². The average molecular weight is 962 g/mol. The first-order chi connectivity index (χ1) is 33.4. The molecule has 2 atom stereocenters. The molecule has 0 radical (unpaired) electrons. The Bertz CT molecular complexity index is 1030. The molecule has 0 aromatic rings. The van der Waals surface area contributed by atoms with Crippen LogP contribution in [-0.2, 0) is 28.6 Å². The Morgan fingerprint density at radius 1 is 0.294 bits per heavy atom. The van der Waals surface area contributed by atoms with E-state index in [0.717, 1.165) is 63.7 Å². The van der Waals surface area contributed by atoms with E-state index in [1.807, 2.05) is 0 Å². The maximum Gasteiger partial charge on any atom is 0.306 e. The highest BCUT2D eigenvalue weighted by Gasteiger charge is 2.19. The highest BCUT2D eigenvalue weighted by atomic mass is 16.6. The van der Waals surface area contributed by atoms with Crippen LogP contribution in [0.2, 0.25) is 0 Å². The van der Waals surface area contributed by atoms with Crippen molar-refractivity contribution in [3.05, 3.63) is 0 Å². The molecule has 6 heteroatoms. The molecule has 404 valence electrons. The third-order valence-electron chi connectivity index (χ3n) is 14.7. The molecule has 68 heavy (non-hydrogen) atoms. The highest BCUT2D eigenvalue weighted by Crippen LogP contribution is 2.19. The molecular formula is C62H120O6. The number of hydrogen-bond donors (Lipinski definition) is 0. The Balaban J connectivity index is 4.29. The van der Waals surface area contributed by atoms with E-state index in [2.05, 4.69) is 27.7 Å². The summed E-state index contributed by atoms with van der Waals surface area (Å²) in [6.45, 7) is 9.12. The van der Waals surface area contributed by atoms with Gasteiger partial charge in [-0.3, -0.25) is 14.4 Å². The minimum absolute atomic E-state index is 0.0613. The van der Waals surface area contributed by atoms with Crippen molar-refractivity contribution < 1.29 is 28.6 Å². The van der Waals surface area contributed by atoms with Gasteiger partial charge in [-0.2, -0.15) is 0 Å². The van der Waals surface area contributed by atoms with E-state index in [0.29, 0.717) is 19.3 Å². The summed E-state index contributed by atoms with van der Waals surface area (Å²) in [6, 6.07) is 0.